The second-order valence-corrected chi connectivity index (χ2v) is 6.31. The Balaban J connectivity index is 1.98. The fourth-order valence-corrected chi connectivity index (χ4v) is 3.31. The largest absolute Gasteiger partial charge is 0.342 e. The summed E-state index contributed by atoms with van der Waals surface area (Å²) in [6, 6.07) is 9.72. The minimum Gasteiger partial charge on any atom is -0.342 e. The molecular formula is C18H28N2O. The normalized spacial score (nSPS) is 21.9. The van der Waals surface area contributed by atoms with Crippen LogP contribution >= 0.6 is 0 Å². The van der Waals surface area contributed by atoms with Crippen LogP contribution in [0.1, 0.15) is 51.1 Å². The van der Waals surface area contributed by atoms with Crippen molar-refractivity contribution in [2.75, 3.05) is 13.1 Å². The van der Waals surface area contributed by atoms with Gasteiger partial charge in [0.15, 0.2) is 0 Å². The van der Waals surface area contributed by atoms with E-state index in [2.05, 4.69) is 6.92 Å². The van der Waals surface area contributed by atoms with E-state index in [1.165, 1.54) is 19.3 Å². The second-order valence-electron chi connectivity index (χ2n) is 6.31. The van der Waals surface area contributed by atoms with Gasteiger partial charge in [-0.1, -0.05) is 50.6 Å². The van der Waals surface area contributed by atoms with E-state index in [0.717, 1.165) is 25.1 Å². The summed E-state index contributed by atoms with van der Waals surface area (Å²) in [7, 11) is 0. The van der Waals surface area contributed by atoms with E-state index in [-0.39, 0.29) is 17.9 Å². The number of rotatable bonds is 5. The molecule has 1 saturated heterocycles. The van der Waals surface area contributed by atoms with Crippen LogP contribution in [0.2, 0.25) is 0 Å². The van der Waals surface area contributed by atoms with E-state index >= 15 is 0 Å². The maximum Gasteiger partial charge on any atom is 0.227 e. The van der Waals surface area contributed by atoms with Gasteiger partial charge in [0.2, 0.25) is 5.91 Å². The number of carbonyl (C=O) groups excluding carboxylic acids is 1. The lowest BCUT2D eigenvalue weighted by molar-refractivity contribution is -0.137. The maximum atomic E-state index is 12.7. The van der Waals surface area contributed by atoms with Crippen LogP contribution in [0.5, 0.6) is 0 Å². The second kappa shape index (κ2) is 7.60. The topological polar surface area (TPSA) is 46.3 Å². The van der Waals surface area contributed by atoms with Crippen molar-refractivity contribution >= 4 is 5.91 Å². The smallest absolute Gasteiger partial charge is 0.227 e. The molecule has 1 amide bonds. The lowest BCUT2D eigenvalue weighted by atomic mass is 9.90. The Morgan fingerprint density at radius 2 is 2.10 bits per heavy atom. The fraction of sp³-hybridized carbons (Fsp3) is 0.611. The van der Waals surface area contributed by atoms with Gasteiger partial charge in [0, 0.05) is 19.1 Å². The molecule has 1 heterocycles. The monoisotopic (exact) mass is 288 g/mol. The third-order valence-electron chi connectivity index (χ3n) is 4.64. The SMILES string of the molecule is CCCC1CCCN(C(=O)C(C)C(N)c2ccccc2)C1. The first kappa shape index (κ1) is 16.0. The first-order valence-electron chi connectivity index (χ1n) is 8.22. The molecule has 0 bridgehead atoms. The van der Waals surface area contributed by atoms with Gasteiger partial charge >= 0.3 is 0 Å². The van der Waals surface area contributed by atoms with Crippen LogP contribution in [-0.4, -0.2) is 23.9 Å². The summed E-state index contributed by atoms with van der Waals surface area (Å²) < 4.78 is 0. The van der Waals surface area contributed by atoms with Crippen LogP contribution in [0.4, 0.5) is 0 Å². The van der Waals surface area contributed by atoms with Gasteiger partial charge in [-0.05, 0) is 30.7 Å². The number of nitrogens with zero attached hydrogens (tertiary/aromatic N) is 1. The van der Waals surface area contributed by atoms with Crippen molar-refractivity contribution in [3.8, 4) is 0 Å². The van der Waals surface area contributed by atoms with Crippen molar-refractivity contribution in [3.05, 3.63) is 35.9 Å². The fourth-order valence-electron chi connectivity index (χ4n) is 3.31. The molecule has 3 atom stereocenters. The third kappa shape index (κ3) is 4.07. The Morgan fingerprint density at radius 1 is 1.38 bits per heavy atom. The maximum absolute atomic E-state index is 12.7. The zero-order valence-electron chi connectivity index (χ0n) is 13.3. The van der Waals surface area contributed by atoms with E-state index in [1.807, 2.05) is 42.2 Å². The number of amides is 1. The van der Waals surface area contributed by atoms with E-state index in [1.54, 1.807) is 0 Å². The molecule has 2 rings (SSSR count). The van der Waals surface area contributed by atoms with Crippen molar-refractivity contribution < 1.29 is 4.79 Å². The molecule has 2 N–H and O–H groups in total. The summed E-state index contributed by atoms with van der Waals surface area (Å²) in [6.45, 7) is 5.99. The number of piperidine rings is 1. The third-order valence-corrected chi connectivity index (χ3v) is 4.64. The van der Waals surface area contributed by atoms with Crippen LogP contribution in [0.3, 0.4) is 0 Å². The van der Waals surface area contributed by atoms with Crippen LogP contribution in [-0.2, 0) is 4.79 Å². The Bertz CT molecular complexity index is 444. The van der Waals surface area contributed by atoms with E-state index < -0.39 is 0 Å². The van der Waals surface area contributed by atoms with Crippen LogP contribution in [0, 0.1) is 11.8 Å². The van der Waals surface area contributed by atoms with Crippen molar-refractivity contribution in [1.82, 2.24) is 4.90 Å². The van der Waals surface area contributed by atoms with E-state index in [0.29, 0.717) is 5.92 Å². The highest BCUT2D eigenvalue weighted by molar-refractivity contribution is 5.79. The van der Waals surface area contributed by atoms with Crippen molar-refractivity contribution in [2.24, 2.45) is 17.6 Å². The first-order valence-corrected chi connectivity index (χ1v) is 8.22. The standard InChI is InChI=1S/C18H28N2O/c1-3-8-15-9-7-12-20(13-15)18(21)14(2)17(19)16-10-5-4-6-11-16/h4-6,10-11,14-15,17H,3,7-9,12-13,19H2,1-2H3. The number of nitrogens with two attached hydrogens (primary N) is 1. The Morgan fingerprint density at radius 3 is 2.76 bits per heavy atom. The van der Waals surface area contributed by atoms with Gasteiger partial charge in [-0.2, -0.15) is 0 Å². The zero-order chi connectivity index (χ0) is 15.2. The Labute approximate surface area is 128 Å². The molecule has 1 aliphatic rings. The van der Waals surface area contributed by atoms with Gasteiger partial charge in [-0.3, -0.25) is 4.79 Å². The summed E-state index contributed by atoms with van der Waals surface area (Å²) >= 11 is 0. The quantitative estimate of drug-likeness (QED) is 0.903. The summed E-state index contributed by atoms with van der Waals surface area (Å²) in [5, 5.41) is 0. The van der Waals surface area contributed by atoms with Crippen molar-refractivity contribution in [1.29, 1.82) is 0 Å². The molecule has 3 unspecified atom stereocenters. The molecule has 1 aliphatic heterocycles. The number of hydrogen-bond donors (Lipinski definition) is 1. The number of likely N-dealkylation sites (tertiary alicyclic amines) is 1. The highest BCUT2D eigenvalue weighted by atomic mass is 16.2. The molecule has 1 fully saturated rings. The van der Waals surface area contributed by atoms with Crippen molar-refractivity contribution in [2.45, 2.75) is 45.6 Å². The highest BCUT2D eigenvalue weighted by Crippen LogP contribution is 2.26. The minimum absolute atomic E-state index is 0.159. The average molecular weight is 288 g/mol. The molecule has 0 saturated carbocycles. The predicted molar refractivity (Wildman–Crippen MR) is 86.7 cm³/mol. The molecule has 3 heteroatoms. The van der Waals surface area contributed by atoms with Gasteiger partial charge in [0.05, 0.1) is 5.92 Å². The van der Waals surface area contributed by atoms with Gasteiger partial charge in [0.1, 0.15) is 0 Å². The summed E-state index contributed by atoms with van der Waals surface area (Å²) in [4.78, 5) is 14.7. The molecule has 0 aliphatic carbocycles. The van der Waals surface area contributed by atoms with Crippen molar-refractivity contribution in [3.63, 3.8) is 0 Å². The molecule has 1 aromatic rings. The first-order chi connectivity index (χ1) is 10.1. The van der Waals surface area contributed by atoms with Crippen LogP contribution in [0.15, 0.2) is 30.3 Å². The molecule has 0 spiro atoms. The number of benzene rings is 1. The molecule has 3 nitrogen and oxygen atoms in total. The van der Waals surface area contributed by atoms with Crippen LogP contribution in [0.25, 0.3) is 0 Å². The minimum atomic E-state index is -0.217. The molecule has 116 valence electrons. The van der Waals surface area contributed by atoms with Gasteiger partial charge in [-0.25, -0.2) is 0 Å². The summed E-state index contributed by atoms with van der Waals surface area (Å²) in [5.74, 6) is 0.729. The molecule has 0 radical (unpaired) electrons. The van der Waals surface area contributed by atoms with Gasteiger partial charge in [0.25, 0.3) is 0 Å². The highest BCUT2D eigenvalue weighted by Gasteiger charge is 2.29. The summed E-state index contributed by atoms with van der Waals surface area (Å²) in [6.07, 6.45) is 4.81. The zero-order valence-corrected chi connectivity index (χ0v) is 13.3. The molecule has 21 heavy (non-hydrogen) atoms. The number of carbonyl (C=O) groups is 1. The average Bonchev–Trinajstić information content (AvgIpc) is 2.54. The molecular weight excluding hydrogens is 260 g/mol. The number of hydrogen-bond acceptors (Lipinski definition) is 2. The van der Waals surface area contributed by atoms with E-state index in [4.69, 9.17) is 5.73 Å². The lowest BCUT2D eigenvalue weighted by Crippen LogP contribution is -2.44. The van der Waals surface area contributed by atoms with Gasteiger partial charge < -0.3 is 10.6 Å². The van der Waals surface area contributed by atoms with Crippen LogP contribution < -0.4 is 5.73 Å². The van der Waals surface area contributed by atoms with Gasteiger partial charge in [-0.15, -0.1) is 0 Å². The lowest BCUT2D eigenvalue weighted by Gasteiger charge is -2.35. The Hall–Kier alpha value is -1.35. The van der Waals surface area contributed by atoms with E-state index in [9.17, 15) is 4.79 Å². The molecule has 0 aromatic heterocycles. The summed E-state index contributed by atoms with van der Waals surface area (Å²) in [5.41, 5.74) is 7.33. The predicted octanol–water partition coefficient (Wildman–Crippen LogP) is 3.36. The Kier molecular flexibility index (Phi) is 5.80. The molecule has 1 aromatic carbocycles.